The second-order valence-corrected chi connectivity index (χ2v) is 5.03. The molecule has 3 aliphatic carbocycles. The topological polar surface area (TPSA) is 0 Å². The van der Waals surface area contributed by atoms with Gasteiger partial charge in [0.05, 0.1) is 0 Å². The van der Waals surface area contributed by atoms with Gasteiger partial charge < -0.3 is 0 Å². The van der Waals surface area contributed by atoms with Crippen LogP contribution < -0.4 is 0 Å². The molecule has 3 aliphatic rings. The van der Waals surface area contributed by atoms with Gasteiger partial charge in [-0.05, 0) is 42.4 Å². The summed E-state index contributed by atoms with van der Waals surface area (Å²) in [6.45, 7) is 2.40. The molecule has 1 heteroatoms. The summed E-state index contributed by atoms with van der Waals surface area (Å²) < 4.78 is 0. The van der Waals surface area contributed by atoms with E-state index in [9.17, 15) is 0 Å². The van der Waals surface area contributed by atoms with Gasteiger partial charge in [-0.15, -0.1) is 11.6 Å². The summed E-state index contributed by atoms with van der Waals surface area (Å²) in [5.74, 6) is 2.95. The van der Waals surface area contributed by atoms with E-state index in [2.05, 4.69) is 6.92 Å². The Morgan fingerprint density at radius 1 is 1.40 bits per heavy atom. The minimum absolute atomic E-state index is 0.554. The minimum atomic E-state index is 0.554. The highest BCUT2D eigenvalue weighted by molar-refractivity contribution is 6.23. The average Bonchev–Trinajstić information content (AvgIpc) is 2.36. The molecular weight excluding hydrogens is 144 g/mol. The maximum Gasteiger partial charge on any atom is 0.0432 e. The molecular formula is C9H13Cl. The Labute approximate surface area is 66.9 Å². The Morgan fingerprint density at radius 2 is 2.20 bits per heavy atom. The van der Waals surface area contributed by atoms with Gasteiger partial charge in [-0.2, -0.15) is 0 Å². The van der Waals surface area contributed by atoms with E-state index in [1.807, 2.05) is 0 Å². The number of hydrogen-bond donors (Lipinski definition) is 0. The first-order valence-electron chi connectivity index (χ1n) is 4.38. The van der Waals surface area contributed by atoms with Gasteiger partial charge in [-0.3, -0.25) is 0 Å². The highest BCUT2D eigenvalue weighted by Crippen LogP contribution is 2.75. The van der Waals surface area contributed by atoms with Crippen LogP contribution in [0.4, 0.5) is 0 Å². The monoisotopic (exact) mass is 156 g/mol. The van der Waals surface area contributed by atoms with E-state index in [0.29, 0.717) is 10.8 Å². The molecule has 0 aromatic carbocycles. The number of fused-ring (bicyclic) bond motifs is 5. The molecule has 0 amide bonds. The Morgan fingerprint density at radius 3 is 2.70 bits per heavy atom. The predicted molar refractivity (Wildman–Crippen MR) is 42.1 cm³/mol. The third-order valence-electron chi connectivity index (χ3n) is 4.38. The van der Waals surface area contributed by atoms with Crippen LogP contribution in [0, 0.1) is 23.2 Å². The molecule has 56 valence electrons. The number of rotatable bonds is 0. The van der Waals surface area contributed by atoms with E-state index < -0.39 is 0 Å². The molecule has 5 atom stereocenters. The summed E-state index contributed by atoms with van der Waals surface area (Å²) >= 11 is 6.22. The lowest BCUT2D eigenvalue weighted by Crippen LogP contribution is -2.10. The van der Waals surface area contributed by atoms with Crippen molar-refractivity contribution in [3.63, 3.8) is 0 Å². The first-order chi connectivity index (χ1) is 4.74. The van der Waals surface area contributed by atoms with Crippen LogP contribution in [-0.4, -0.2) is 5.38 Å². The molecule has 0 heterocycles. The summed E-state index contributed by atoms with van der Waals surface area (Å²) in [4.78, 5) is 0. The third-order valence-corrected chi connectivity index (χ3v) is 5.12. The van der Waals surface area contributed by atoms with Crippen molar-refractivity contribution in [1.29, 1.82) is 0 Å². The van der Waals surface area contributed by atoms with E-state index in [1.165, 1.54) is 19.3 Å². The van der Waals surface area contributed by atoms with Gasteiger partial charge >= 0.3 is 0 Å². The van der Waals surface area contributed by atoms with Crippen molar-refractivity contribution in [3.05, 3.63) is 0 Å². The second-order valence-electron chi connectivity index (χ2n) is 4.56. The van der Waals surface area contributed by atoms with Gasteiger partial charge in [0.1, 0.15) is 0 Å². The summed E-state index contributed by atoms with van der Waals surface area (Å²) in [5.41, 5.74) is 0.602. The first kappa shape index (κ1) is 5.88. The highest BCUT2D eigenvalue weighted by Gasteiger charge is 2.73. The van der Waals surface area contributed by atoms with Crippen molar-refractivity contribution < 1.29 is 0 Å². The van der Waals surface area contributed by atoms with Crippen LogP contribution in [0.5, 0.6) is 0 Å². The molecule has 0 nitrogen and oxygen atoms in total. The number of halogens is 1. The van der Waals surface area contributed by atoms with Gasteiger partial charge in [0.2, 0.25) is 0 Å². The minimum Gasteiger partial charge on any atom is -0.122 e. The van der Waals surface area contributed by atoms with Gasteiger partial charge in [0.15, 0.2) is 0 Å². The van der Waals surface area contributed by atoms with Gasteiger partial charge in [-0.1, -0.05) is 6.92 Å². The Hall–Kier alpha value is 0.290. The smallest absolute Gasteiger partial charge is 0.0432 e. The number of alkyl halides is 1. The van der Waals surface area contributed by atoms with E-state index in [4.69, 9.17) is 11.6 Å². The van der Waals surface area contributed by atoms with Crippen molar-refractivity contribution in [2.75, 3.05) is 0 Å². The molecule has 10 heavy (non-hydrogen) atoms. The first-order valence-corrected chi connectivity index (χ1v) is 4.82. The maximum atomic E-state index is 6.22. The average molecular weight is 157 g/mol. The fourth-order valence-corrected chi connectivity index (χ4v) is 4.39. The second kappa shape index (κ2) is 1.41. The van der Waals surface area contributed by atoms with Crippen molar-refractivity contribution in [1.82, 2.24) is 0 Å². The predicted octanol–water partition coefficient (Wildman–Crippen LogP) is 2.66. The summed E-state index contributed by atoms with van der Waals surface area (Å²) in [7, 11) is 0. The van der Waals surface area contributed by atoms with Crippen molar-refractivity contribution in [2.24, 2.45) is 23.2 Å². The van der Waals surface area contributed by atoms with Crippen LogP contribution in [0.25, 0.3) is 0 Å². The molecule has 0 saturated heterocycles. The lowest BCUT2D eigenvalue weighted by molar-refractivity contribution is 0.335. The van der Waals surface area contributed by atoms with Gasteiger partial charge in [0.25, 0.3) is 0 Å². The van der Waals surface area contributed by atoms with Gasteiger partial charge in [0, 0.05) is 5.38 Å². The highest BCUT2D eigenvalue weighted by atomic mass is 35.5. The summed E-state index contributed by atoms with van der Waals surface area (Å²) in [5, 5.41) is 0.554. The molecule has 0 radical (unpaired) electrons. The Kier molecular flexibility index (Phi) is 0.828. The molecule has 0 aromatic heterocycles. The molecule has 0 spiro atoms. The lowest BCUT2D eigenvalue weighted by Gasteiger charge is -2.16. The molecule has 2 bridgehead atoms. The molecule has 3 rings (SSSR count). The van der Waals surface area contributed by atoms with E-state index in [1.54, 1.807) is 0 Å². The van der Waals surface area contributed by atoms with E-state index in [0.717, 1.165) is 17.8 Å². The number of hydrogen-bond acceptors (Lipinski definition) is 0. The Bertz CT molecular complexity index is 185. The fourth-order valence-electron chi connectivity index (χ4n) is 3.66. The zero-order chi connectivity index (χ0) is 6.93. The molecule has 3 fully saturated rings. The van der Waals surface area contributed by atoms with Crippen LogP contribution in [0.3, 0.4) is 0 Å². The van der Waals surface area contributed by atoms with Gasteiger partial charge in [-0.25, -0.2) is 0 Å². The van der Waals surface area contributed by atoms with Crippen molar-refractivity contribution in [2.45, 2.75) is 31.6 Å². The summed E-state index contributed by atoms with van der Waals surface area (Å²) in [6, 6.07) is 0. The zero-order valence-corrected chi connectivity index (χ0v) is 7.06. The summed E-state index contributed by atoms with van der Waals surface area (Å²) in [6.07, 6.45) is 4.46. The van der Waals surface area contributed by atoms with Crippen molar-refractivity contribution >= 4 is 11.6 Å². The SMILES string of the molecule is C[C@]12[C@H]3CC[C@@H](C3)[C@H]1[C@@H]2Cl. The molecule has 0 aliphatic heterocycles. The molecule has 0 unspecified atom stereocenters. The largest absolute Gasteiger partial charge is 0.122 e. The molecule has 0 aromatic rings. The van der Waals surface area contributed by atoms with Crippen molar-refractivity contribution in [3.8, 4) is 0 Å². The third kappa shape index (κ3) is 0.398. The Balaban J connectivity index is 2.02. The van der Waals surface area contributed by atoms with Crippen LogP contribution in [-0.2, 0) is 0 Å². The standard InChI is InChI=1S/C9H13Cl/c1-9-6-3-2-5(4-6)7(9)8(9)10/h5-8H,2-4H2,1H3/t5-,6-,7-,8-,9-/m0/s1. The quantitative estimate of drug-likeness (QED) is 0.473. The zero-order valence-electron chi connectivity index (χ0n) is 6.31. The fraction of sp³-hybridized carbons (Fsp3) is 1.00. The van der Waals surface area contributed by atoms with Crippen LogP contribution in [0.1, 0.15) is 26.2 Å². The van der Waals surface area contributed by atoms with Crippen LogP contribution in [0.15, 0.2) is 0 Å². The van der Waals surface area contributed by atoms with Crippen LogP contribution >= 0.6 is 11.6 Å². The van der Waals surface area contributed by atoms with Crippen LogP contribution in [0.2, 0.25) is 0 Å². The normalized spacial score (nSPS) is 70.2. The molecule has 0 N–H and O–H groups in total. The maximum absolute atomic E-state index is 6.22. The lowest BCUT2D eigenvalue weighted by atomic mass is 9.89. The molecule has 3 saturated carbocycles. The van der Waals surface area contributed by atoms with E-state index >= 15 is 0 Å². The van der Waals surface area contributed by atoms with E-state index in [-0.39, 0.29) is 0 Å².